The number of hydrogen-bond donors (Lipinski definition) is 4. The molecule has 5 atom stereocenters. The van der Waals surface area contributed by atoms with Gasteiger partial charge in [0.25, 0.3) is 0 Å². The molecule has 23 heavy (non-hydrogen) atoms. The predicted octanol–water partition coefficient (Wildman–Crippen LogP) is -0.571. The van der Waals surface area contributed by atoms with Crippen LogP contribution in [0.25, 0.3) is 0 Å². The minimum atomic E-state index is -1.47. The Kier molecular flexibility index (Phi) is 6.07. The standard InChI is InChI=1S/C16H24O7/c1-8-3-4-10(11(18)5-8)9(2)7-22-16-15(21)14(20)13(19)12(6-17)23-16/h5,12-17,19-21H,3-4,6-7H2,1-2H3. The fraction of sp³-hybridized carbons (Fsp3) is 0.688. The van der Waals surface area contributed by atoms with Gasteiger partial charge >= 0.3 is 0 Å². The van der Waals surface area contributed by atoms with E-state index >= 15 is 0 Å². The third-order valence-corrected chi connectivity index (χ3v) is 4.27. The number of hydrogen-bond acceptors (Lipinski definition) is 7. The summed E-state index contributed by atoms with van der Waals surface area (Å²) in [5.41, 5.74) is 2.46. The number of aliphatic hydroxyl groups excluding tert-OH is 4. The lowest BCUT2D eigenvalue weighted by Gasteiger charge is -2.39. The van der Waals surface area contributed by atoms with Gasteiger partial charge in [0, 0.05) is 5.57 Å². The van der Waals surface area contributed by atoms with Crippen LogP contribution in [-0.4, -0.2) is 70.1 Å². The van der Waals surface area contributed by atoms with E-state index in [1.807, 2.05) is 6.92 Å². The Labute approximate surface area is 134 Å². The van der Waals surface area contributed by atoms with Crippen molar-refractivity contribution in [1.82, 2.24) is 0 Å². The maximum absolute atomic E-state index is 12.0. The molecule has 0 aromatic heterocycles. The minimum absolute atomic E-state index is 0.0383. The topological polar surface area (TPSA) is 116 Å². The highest BCUT2D eigenvalue weighted by atomic mass is 16.7. The molecule has 1 fully saturated rings. The molecular formula is C16H24O7. The molecule has 0 spiro atoms. The molecule has 2 aliphatic rings. The first-order valence-corrected chi connectivity index (χ1v) is 7.67. The van der Waals surface area contributed by atoms with E-state index in [1.165, 1.54) is 0 Å². The first-order chi connectivity index (χ1) is 10.8. The van der Waals surface area contributed by atoms with Crippen LogP contribution in [0.4, 0.5) is 0 Å². The summed E-state index contributed by atoms with van der Waals surface area (Å²) in [7, 11) is 0. The van der Waals surface area contributed by atoms with Gasteiger partial charge in [-0.05, 0) is 38.3 Å². The fourth-order valence-corrected chi connectivity index (χ4v) is 2.75. The summed E-state index contributed by atoms with van der Waals surface area (Å²) in [5, 5.41) is 38.4. The van der Waals surface area contributed by atoms with E-state index in [2.05, 4.69) is 0 Å². The second-order valence-corrected chi connectivity index (χ2v) is 6.12. The monoisotopic (exact) mass is 328 g/mol. The van der Waals surface area contributed by atoms with Crippen LogP contribution in [-0.2, 0) is 14.3 Å². The second kappa shape index (κ2) is 7.65. The maximum atomic E-state index is 12.0. The van der Waals surface area contributed by atoms with Gasteiger partial charge in [-0.1, -0.05) is 5.57 Å². The molecule has 1 heterocycles. The van der Waals surface area contributed by atoms with E-state index in [-0.39, 0.29) is 12.4 Å². The van der Waals surface area contributed by atoms with E-state index in [9.17, 15) is 20.1 Å². The Morgan fingerprint density at radius 1 is 1.26 bits per heavy atom. The SMILES string of the molecule is CC1=CC(=O)C(=C(C)COC2OC(CO)C(O)C(O)C2O)CC1. The van der Waals surface area contributed by atoms with Crippen molar-refractivity contribution in [2.45, 2.75) is 57.4 Å². The van der Waals surface area contributed by atoms with Crippen molar-refractivity contribution < 1.29 is 34.7 Å². The number of rotatable bonds is 4. The molecule has 0 saturated carbocycles. The molecule has 0 aromatic carbocycles. The van der Waals surface area contributed by atoms with Crippen LogP contribution in [0, 0.1) is 0 Å². The molecule has 0 bridgehead atoms. The molecule has 130 valence electrons. The van der Waals surface area contributed by atoms with Crippen LogP contribution in [0.3, 0.4) is 0 Å². The fourth-order valence-electron chi connectivity index (χ4n) is 2.75. The zero-order valence-corrected chi connectivity index (χ0v) is 13.3. The summed E-state index contributed by atoms with van der Waals surface area (Å²) in [4.78, 5) is 12.0. The number of carbonyl (C=O) groups excluding carboxylic acids is 1. The maximum Gasteiger partial charge on any atom is 0.187 e. The van der Waals surface area contributed by atoms with Gasteiger partial charge in [0.1, 0.15) is 24.4 Å². The normalized spacial score (nSPS) is 37.6. The van der Waals surface area contributed by atoms with E-state index in [0.29, 0.717) is 12.0 Å². The number of ether oxygens (including phenoxy) is 2. The van der Waals surface area contributed by atoms with Crippen molar-refractivity contribution in [2.24, 2.45) is 0 Å². The third-order valence-electron chi connectivity index (χ3n) is 4.27. The van der Waals surface area contributed by atoms with Gasteiger partial charge in [-0.25, -0.2) is 0 Å². The number of carbonyl (C=O) groups is 1. The Bertz CT molecular complexity index is 509. The van der Waals surface area contributed by atoms with Gasteiger partial charge in [-0.3, -0.25) is 4.79 Å². The molecule has 5 unspecified atom stereocenters. The van der Waals surface area contributed by atoms with Crippen molar-refractivity contribution >= 4 is 5.78 Å². The van der Waals surface area contributed by atoms with Crippen LogP contribution in [0.1, 0.15) is 26.7 Å². The Morgan fingerprint density at radius 3 is 2.57 bits per heavy atom. The Balaban J connectivity index is 2.01. The lowest BCUT2D eigenvalue weighted by Crippen LogP contribution is -2.59. The van der Waals surface area contributed by atoms with Gasteiger partial charge in [-0.2, -0.15) is 0 Å². The smallest absolute Gasteiger partial charge is 0.187 e. The molecule has 0 amide bonds. The Morgan fingerprint density at radius 2 is 1.96 bits per heavy atom. The molecule has 0 radical (unpaired) electrons. The van der Waals surface area contributed by atoms with Crippen LogP contribution >= 0.6 is 0 Å². The lowest BCUT2D eigenvalue weighted by molar-refractivity contribution is -0.299. The molecule has 1 aliphatic heterocycles. The van der Waals surface area contributed by atoms with E-state index in [0.717, 1.165) is 17.6 Å². The van der Waals surface area contributed by atoms with Crippen LogP contribution in [0.2, 0.25) is 0 Å². The summed E-state index contributed by atoms with van der Waals surface area (Å²) in [5.74, 6) is -0.0383. The van der Waals surface area contributed by atoms with Gasteiger partial charge < -0.3 is 29.9 Å². The van der Waals surface area contributed by atoms with Crippen molar-refractivity contribution in [2.75, 3.05) is 13.2 Å². The highest BCUT2D eigenvalue weighted by Crippen LogP contribution is 2.25. The number of ketones is 1. The minimum Gasteiger partial charge on any atom is -0.394 e. The summed E-state index contributed by atoms with van der Waals surface area (Å²) in [6.07, 6.45) is -3.44. The van der Waals surface area contributed by atoms with Crippen LogP contribution < -0.4 is 0 Å². The van der Waals surface area contributed by atoms with Gasteiger partial charge in [0.15, 0.2) is 12.1 Å². The highest BCUT2D eigenvalue weighted by molar-refractivity contribution is 6.05. The first kappa shape index (κ1) is 18.3. The molecule has 1 saturated heterocycles. The predicted molar refractivity (Wildman–Crippen MR) is 80.4 cm³/mol. The van der Waals surface area contributed by atoms with E-state index in [4.69, 9.17) is 14.6 Å². The van der Waals surface area contributed by atoms with Crippen molar-refractivity contribution in [3.63, 3.8) is 0 Å². The molecule has 7 heteroatoms. The van der Waals surface area contributed by atoms with E-state index < -0.39 is 37.3 Å². The number of aliphatic hydroxyl groups is 4. The zero-order chi connectivity index (χ0) is 17.1. The molecule has 4 N–H and O–H groups in total. The summed E-state index contributed by atoms with van der Waals surface area (Å²) < 4.78 is 10.7. The van der Waals surface area contributed by atoms with Crippen molar-refractivity contribution in [1.29, 1.82) is 0 Å². The molecule has 2 rings (SSSR count). The average molecular weight is 328 g/mol. The van der Waals surface area contributed by atoms with Crippen molar-refractivity contribution in [3.8, 4) is 0 Å². The van der Waals surface area contributed by atoms with E-state index in [1.54, 1.807) is 13.0 Å². The Hall–Kier alpha value is -1.09. The lowest BCUT2D eigenvalue weighted by atomic mass is 9.91. The van der Waals surface area contributed by atoms with Gasteiger partial charge in [0.2, 0.25) is 0 Å². The quantitative estimate of drug-likeness (QED) is 0.511. The zero-order valence-electron chi connectivity index (χ0n) is 13.3. The largest absolute Gasteiger partial charge is 0.394 e. The molecular weight excluding hydrogens is 304 g/mol. The summed E-state index contributed by atoms with van der Waals surface area (Å²) in [6.45, 7) is 3.23. The molecule has 7 nitrogen and oxygen atoms in total. The second-order valence-electron chi connectivity index (χ2n) is 6.12. The third kappa shape index (κ3) is 4.06. The number of allylic oxidation sites excluding steroid dienone is 3. The molecule has 0 aromatic rings. The van der Waals surface area contributed by atoms with Crippen molar-refractivity contribution in [3.05, 3.63) is 22.8 Å². The van der Waals surface area contributed by atoms with Gasteiger partial charge in [-0.15, -0.1) is 0 Å². The summed E-state index contributed by atoms with van der Waals surface area (Å²) >= 11 is 0. The van der Waals surface area contributed by atoms with Crippen LogP contribution in [0.15, 0.2) is 22.8 Å². The highest BCUT2D eigenvalue weighted by Gasteiger charge is 2.44. The first-order valence-electron chi connectivity index (χ1n) is 7.67. The van der Waals surface area contributed by atoms with Gasteiger partial charge in [0.05, 0.1) is 13.2 Å². The average Bonchev–Trinajstić information content (AvgIpc) is 2.51. The van der Waals surface area contributed by atoms with Crippen LogP contribution in [0.5, 0.6) is 0 Å². The summed E-state index contributed by atoms with van der Waals surface area (Å²) in [6, 6.07) is 0. The molecule has 1 aliphatic carbocycles.